The van der Waals surface area contributed by atoms with Gasteiger partial charge in [-0.2, -0.15) is 0 Å². The summed E-state index contributed by atoms with van der Waals surface area (Å²) >= 11 is 0. The first kappa shape index (κ1) is 15.0. The van der Waals surface area contributed by atoms with Gasteiger partial charge in [-0.25, -0.2) is 0 Å². The zero-order valence-electron chi connectivity index (χ0n) is 12.5. The highest BCUT2D eigenvalue weighted by Gasteiger charge is 2.14. The first-order valence-corrected chi connectivity index (χ1v) is 6.87. The molecular weight excluding hydrogens is 218 g/mol. The summed E-state index contributed by atoms with van der Waals surface area (Å²) in [5.74, 6) is 0.539. The van der Waals surface area contributed by atoms with Crippen molar-refractivity contribution in [1.29, 1.82) is 0 Å². The molecule has 100 valence electrons. The summed E-state index contributed by atoms with van der Waals surface area (Å²) < 4.78 is 0. The van der Waals surface area contributed by atoms with E-state index < -0.39 is 0 Å². The monoisotopic (exact) mass is 245 g/mol. The fourth-order valence-corrected chi connectivity index (χ4v) is 2.09. The van der Waals surface area contributed by atoms with Crippen LogP contribution in [-0.2, 0) is 5.41 Å². The second kappa shape index (κ2) is 6.19. The summed E-state index contributed by atoms with van der Waals surface area (Å²) in [6.45, 7) is 11.9. The lowest BCUT2D eigenvalue weighted by Gasteiger charge is -2.20. The second-order valence-electron chi connectivity index (χ2n) is 6.22. The minimum Gasteiger partial charge on any atom is -0.330 e. The quantitative estimate of drug-likeness (QED) is 0.837. The van der Waals surface area contributed by atoms with E-state index in [4.69, 9.17) is 5.73 Å². The standard InChI is InChI=1S/C17H27N/c1-13(2)16(7-6-12-18)14-8-10-15(11-9-14)17(3,4)5/h7-11,13H,6,12,18H2,1-5H3/b16-7+. The van der Waals surface area contributed by atoms with Crippen LogP contribution in [0.2, 0.25) is 0 Å². The van der Waals surface area contributed by atoms with E-state index >= 15 is 0 Å². The minimum atomic E-state index is 0.220. The number of hydrogen-bond acceptors (Lipinski definition) is 1. The first-order valence-electron chi connectivity index (χ1n) is 6.87. The van der Waals surface area contributed by atoms with Crippen molar-refractivity contribution >= 4 is 5.57 Å². The summed E-state index contributed by atoms with van der Waals surface area (Å²) in [6, 6.07) is 8.97. The maximum atomic E-state index is 5.59. The van der Waals surface area contributed by atoms with Gasteiger partial charge in [-0.05, 0) is 41.0 Å². The van der Waals surface area contributed by atoms with Crippen LogP contribution in [0.1, 0.15) is 52.2 Å². The largest absolute Gasteiger partial charge is 0.330 e. The molecule has 0 spiro atoms. The van der Waals surface area contributed by atoms with Crippen LogP contribution in [0.4, 0.5) is 0 Å². The van der Waals surface area contributed by atoms with Crippen LogP contribution in [-0.4, -0.2) is 6.54 Å². The highest BCUT2D eigenvalue weighted by atomic mass is 14.5. The second-order valence-corrected chi connectivity index (χ2v) is 6.22. The predicted octanol–water partition coefficient (Wildman–Crippen LogP) is 4.37. The molecule has 0 saturated heterocycles. The maximum absolute atomic E-state index is 5.59. The number of nitrogens with two attached hydrogens (primary N) is 1. The van der Waals surface area contributed by atoms with Gasteiger partial charge in [-0.15, -0.1) is 0 Å². The topological polar surface area (TPSA) is 26.0 Å². The van der Waals surface area contributed by atoms with Crippen LogP contribution >= 0.6 is 0 Å². The fraction of sp³-hybridized carbons (Fsp3) is 0.529. The lowest BCUT2D eigenvalue weighted by Crippen LogP contribution is -2.10. The summed E-state index contributed by atoms with van der Waals surface area (Å²) in [7, 11) is 0. The van der Waals surface area contributed by atoms with Crippen molar-refractivity contribution in [3.63, 3.8) is 0 Å². The molecule has 1 nitrogen and oxygen atoms in total. The average Bonchev–Trinajstić information content (AvgIpc) is 2.28. The van der Waals surface area contributed by atoms with Crippen molar-refractivity contribution in [2.45, 2.75) is 46.5 Å². The molecule has 0 aliphatic heterocycles. The third-order valence-electron chi connectivity index (χ3n) is 3.24. The Balaban J connectivity index is 3.02. The number of benzene rings is 1. The third-order valence-corrected chi connectivity index (χ3v) is 3.24. The van der Waals surface area contributed by atoms with Gasteiger partial charge in [0.1, 0.15) is 0 Å². The van der Waals surface area contributed by atoms with Crippen LogP contribution in [0.3, 0.4) is 0 Å². The summed E-state index contributed by atoms with van der Waals surface area (Å²) in [5.41, 5.74) is 9.92. The van der Waals surface area contributed by atoms with E-state index in [1.54, 1.807) is 0 Å². The normalized spacial score (nSPS) is 13.2. The Bertz CT molecular complexity index is 391. The molecule has 0 unspecified atom stereocenters. The van der Waals surface area contributed by atoms with Gasteiger partial charge < -0.3 is 5.73 Å². The van der Waals surface area contributed by atoms with Gasteiger partial charge in [-0.1, -0.05) is 65.0 Å². The van der Waals surface area contributed by atoms with E-state index in [1.165, 1.54) is 16.7 Å². The molecule has 0 bridgehead atoms. The number of rotatable bonds is 4. The first-order chi connectivity index (χ1) is 8.36. The van der Waals surface area contributed by atoms with Gasteiger partial charge in [0, 0.05) is 0 Å². The zero-order valence-corrected chi connectivity index (χ0v) is 12.5. The fourth-order valence-electron chi connectivity index (χ4n) is 2.09. The van der Waals surface area contributed by atoms with Crippen molar-refractivity contribution in [3.8, 4) is 0 Å². The van der Waals surface area contributed by atoms with Crippen LogP contribution in [0.25, 0.3) is 5.57 Å². The number of hydrogen-bond donors (Lipinski definition) is 1. The van der Waals surface area contributed by atoms with E-state index in [2.05, 4.69) is 65.0 Å². The van der Waals surface area contributed by atoms with Gasteiger partial charge in [0.15, 0.2) is 0 Å². The SMILES string of the molecule is CC(C)/C(=C\CCN)c1ccc(C(C)(C)C)cc1. The molecule has 0 saturated carbocycles. The van der Waals surface area contributed by atoms with Gasteiger partial charge in [0.2, 0.25) is 0 Å². The zero-order chi connectivity index (χ0) is 13.8. The molecule has 0 radical (unpaired) electrons. The van der Waals surface area contributed by atoms with Crippen molar-refractivity contribution < 1.29 is 0 Å². The molecule has 2 N–H and O–H groups in total. The Hall–Kier alpha value is -1.08. The van der Waals surface area contributed by atoms with Gasteiger partial charge in [-0.3, -0.25) is 0 Å². The Labute approximate surface area is 112 Å². The van der Waals surface area contributed by atoms with Crippen molar-refractivity contribution in [3.05, 3.63) is 41.5 Å². The van der Waals surface area contributed by atoms with Crippen LogP contribution in [0, 0.1) is 5.92 Å². The minimum absolute atomic E-state index is 0.220. The lowest BCUT2D eigenvalue weighted by molar-refractivity contribution is 0.590. The van der Waals surface area contributed by atoms with Crippen LogP contribution in [0.5, 0.6) is 0 Å². The molecule has 0 aromatic heterocycles. The Morgan fingerprint density at radius 3 is 2.11 bits per heavy atom. The Morgan fingerprint density at radius 2 is 1.72 bits per heavy atom. The van der Waals surface area contributed by atoms with E-state index in [9.17, 15) is 0 Å². The molecule has 1 rings (SSSR count). The van der Waals surface area contributed by atoms with Crippen LogP contribution in [0.15, 0.2) is 30.3 Å². The van der Waals surface area contributed by atoms with Gasteiger partial charge in [0.25, 0.3) is 0 Å². The smallest absolute Gasteiger partial charge is 0.00424 e. The van der Waals surface area contributed by atoms with Crippen molar-refractivity contribution in [2.24, 2.45) is 11.7 Å². The third kappa shape index (κ3) is 3.99. The average molecular weight is 245 g/mol. The molecule has 0 fully saturated rings. The van der Waals surface area contributed by atoms with E-state index in [1.807, 2.05) is 0 Å². The van der Waals surface area contributed by atoms with E-state index in [0.717, 1.165) is 13.0 Å². The molecule has 1 aromatic carbocycles. The Kier molecular flexibility index (Phi) is 5.15. The molecule has 0 atom stereocenters. The molecule has 1 aromatic rings. The highest BCUT2D eigenvalue weighted by Crippen LogP contribution is 2.27. The molecule has 18 heavy (non-hydrogen) atoms. The molecule has 1 heteroatoms. The summed E-state index contributed by atoms with van der Waals surface area (Å²) in [6.07, 6.45) is 3.23. The van der Waals surface area contributed by atoms with E-state index in [-0.39, 0.29) is 5.41 Å². The molecule has 0 aliphatic rings. The Morgan fingerprint density at radius 1 is 1.17 bits per heavy atom. The molecule has 0 amide bonds. The van der Waals surface area contributed by atoms with E-state index in [0.29, 0.717) is 5.92 Å². The molecule has 0 heterocycles. The molecular formula is C17H27N. The van der Waals surface area contributed by atoms with Crippen molar-refractivity contribution in [2.75, 3.05) is 6.54 Å². The lowest BCUT2D eigenvalue weighted by atomic mass is 9.85. The predicted molar refractivity (Wildman–Crippen MR) is 81.6 cm³/mol. The summed E-state index contributed by atoms with van der Waals surface area (Å²) in [5, 5.41) is 0. The highest BCUT2D eigenvalue weighted by molar-refractivity contribution is 5.67. The number of allylic oxidation sites excluding steroid dienone is 1. The maximum Gasteiger partial charge on any atom is -0.00424 e. The molecule has 0 aliphatic carbocycles. The van der Waals surface area contributed by atoms with Crippen molar-refractivity contribution in [1.82, 2.24) is 0 Å². The van der Waals surface area contributed by atoms with Crippen LogP contribution < -0.4 is 5.73 Å². The van der Waals surface area contributed by atoms with Gasteiger partial charge in [0.05, 0.1) is 0 Å². The summed E-state index contributed by atoms with van der Waals surface area (Å²) in [4.78, 5) is 0. The van der Waals surface area contributed by atoms with Gasteiger partial charge >= 0.3 is 0 Å².